The van der Waals surface area contributed by atoms with E-state index < -0.39 is 0 Å². The van der Waals surface area contributed by atoms with Gasteiger partial charge in [-0.25, -0.2) is 0 Å². The van der Waals surface area contributed by atoms with Gasteiger partial charge in [-0.1, -0.05) is 22.9 Å². The molecular weight excluding hydrogens is 280 g/mol. The number of piperidine rings is 1. The Balaban J connectivity index is 2.14. The van der Waals surface area contributed by atoms with Crippen LogP contribution in [-0.4, -0.2) is 23.9 Å². The number of nitrogens with zero attached hydrogens (tertiary/aromatic N) is 1. The molecule has 1 aliphatic rings. The number of amides is 1. The summed E-state index contributed by atoms with van der Waals surface area (Å²) in [6.07, 6.45) is 2.17. The highest BCUT2D eigenvalue weighted by Gasteiger charge is 2.22. The Hall–Kier alpha value is -1.03. The topological polar surface area (TPSA) is 46.3 Å². The van der Waals surface area contributed by atoms with Crippen LogP contribution < -0.4 is 5.73 Å². The summed E-state index contributed by atoms with van der Waals surface area (Å²) in [5, 5.41) is 0. The Morgan fingerprint density at radius 1 is 1.41 bits per heavy atom. The maximum absolute atomic E-state index is 12.3. The first kappa shape index (κ1) is 12.4. The Labute approximate surface area is 110 Å². The van der Waals surface area contributed by atoms with Gasteiger partial charge in [-0.15, -0.1) is 0 Å². The molecule has 1 saturated heterocycles. The molecule has 1 heterocycles. The van der Waals surface area contributed by atoms with E-state index in [9.17, 15) is 4.79 Å². The number of carbonyl (C=O) groups excluding carboxylic acids is 1. The molecule has 0 unspecified atom stereocenters. The molecule has 0 spiro atoms. The lowest BCUT2D eigenvalue weighted by atomic mass is 9.98. The van der Waals surface area contributed by atoms with Gasteiger partial charge in [0.1, 0.15) is 0 Å². The van der Waals surface area contributed by atoms with Crippen LogP contribution in [0.5, 0.6) is 0 Å². The van der Waals surface area contributed by atoms with Crippen LogP contribution in [0.2, 0.25) is 0 Å². The van der Waals surface area contributed by atoms with Crippen LogP contribution in [0.1, 0.15) is 30.1 Å². The number of carbonyl (C=O) groups is 1. The van der Waals surface area contributed by atoms with Gasteiger partial charge >= 0.3 is 0 Å². The summed E-state index contributed by atoms with van der Waals surface area (Å²) in [6.45, 7) is 3.92. The Bertz CT molecular complexity index is 425. The molecule has 92 valence electrons. The number of nitrogens with two attached hydrogens (primary N) is 1. The van der Waals surface area contributed by atoms with Crippen LogP contribution in [-0.2, 0) is 0 Å². The van der Waals surface area contributed by atoms with Crippen molar-refractivity contribution < 1.29 is 4.79 Å². The van der Waals surface area contributed by atoms with Gasteiger partial charge in [0.05, 0.1) is 5.56 Å². The van der Waals surface area contributed by atoms with Crippen LogP contribution in [0, 0.1) is 5.92 Å². The van der Waals surface area contributed by atoms with Gasteiger partial charge in [0.15, 0.2) is 0 Å². The molecule has 4 heteroatoms. The minimum atomic E-state index is 0.0573. The second-order valence-electron chi connectivity index (χ2n) is 4.71. The molecule has 0 radical (unpaired) electrons. The third-order valence-electron chi connectivity index (χ3n) is 3.31. The molecule has 1 aromatic carbocycles. The molecule has 1 amide bonds. The van der Waals surface area contributed by atoms with Crippen LogP contribution in [0.3, 0.4) is 0 Å². The Kier molecular flexibility index (Phi) is 3.72. The van der Waals surface area contributed by atoms with Crippen molar-refractivity contribution in [1.82, 2.24) is 4.90 Å². The Morgan fingerprint density at radius 2 is 2.06 bits per heavy atom. The molecule has 1 fully saturated rings. The van der Waals surface area contributed by atoms with Crippen molar-refractivity contribution in [3.8, 4) is 0 Å². The smallest absolute Gasteiger partial charge is 0.255 e. The summed E-state index contributed by atoms with van der Waals surface area (Å²) in [5.41, 5.74) is 7.04. The van der Waals surface area contributed by atoms with Gasteiger partial charge in [0, 0.05) is 23.2 Å². The molecule has 1 aromatic rings. The van der Waals surface area contributed by atoms with Gasteiger partial charge < -0.3 is 10.6 Å². The SMILES string of the molecule is CC1CCN(C(=O)c2ccc(Br)cc2N)CC1. The van der Waals surface area contributed by atoms with Gasteiger partial charge in [-0.05, 0) is 37.0 Å². The Morgan fingerprint density at radius 3 is 2.65 bits per heavy atom. The zero-order chi connectivity index (χ0) is 12.4. The van der Waals surface area contributed by atoms with Gasteiger partial charge in [0.25, 0.3) is 5.91 Å². The van der Waals surface area contributed by atoms with E-state index in [1.165, 1.54) is 0 Å². The lowest BCUT2D eigenvalue weighted by Crippen LogP contribution is -2.38. The van der Waals surface area contributed by atoms with Gasteiger partial charge in [-0.3, -0.25) is 4.79 Å². The van der Waals surface area contributed by atoms with Crippen molar-refractivity contribution in [2.45, 2.75) is 19.8 Å². The quantitative estimate of drug-likeness (QED) is 0.810. The van der Waals surface area contributed by atoms with Crippen LogP contribution in [0.15, 0.2) is 22.7 Å². The van der Waals surface area contributed by atoms with E-state index in [0.29, 0.717) is 11.3 Å². The molecule has 2 rings (SSSR count). The van der Waals surface area contributed by atoms with Crippen LogP contribution >= 0.6 is 15.9 Å². The fraction of sp³-hybridized carbons (Fsp3) is 0.462. The minimum absolute atomic E-state index is 0.0573. The lowest BCUT2D eigenvalue weighted by Gasteiger charge is -2.30. The number of nitrogen functional groups attached to an aromatic ring is 1. The van der Waals surface area contributed by atoms with E-state index in [2.05, 4.69) is 22.9 Å². The minimum Gasteiger partial charge on any atom is -0.398 e. The molecule has 0 aliphatic carbocycles. The van der Waals surface area contributed by atoms with E-state index in [4.69, 9.17) is 5.73 Å². The largest absolute Gasteiger partial charge is 0.398 e. The number of benzene rings is 1. The number of hydrogen-bond donors (Lipinski definition) is 1. The standard InChI is InChI=1S/C13H17BrN2O/c1-9-4-6-16(7-5-9)13(17)11-3-2-10(14)8-12(11)15/h2-3,8-9H,4-7,15H2,1H3. The molecule has 0 saturated carbocycles. The van der Waals surface area contributed by atoms with Crippen LogP contribution in [0.4, 0.5) is 5.69 Å². The number of halogens is 1. The van der Waals surface area contributed by atoms with Crippen molar-refractivity contribution in [2.24, 2.45) is 5.92 Å². The first-order valence-electron chi connectivity index (χ1n) is 5.92. The van der Waals surface area contributed by atoms with Crippen molar-refractivity contribution in [3.63, 3.8) is 0 Å². The second-order valence-corrected chi connectivity index (χ2v) is 5.62. The van der Waals surface area contributed by atoms with E-state index in [-0.39, 0.29) is 5.91 Å². The van der Waals surface area contributed by atoms with E-state index >= 15 is 0 Å². The number of hydrogen-bond acceptors (Lipinski definition) is 2. The summed E-state index contributed by atoms with van der Waals surface area (Å²) in [4.78, 5) is 14.2. The van der Waals surface area contributed by atoms with E-state index in [0.717, 1.165) is 36.3 Å². The fourth-order valence-electron chi connectivity index (χ4n) is 2.11. The zero-order valence-electron chi connectivity index (χ0n) is 9.95. The molecule has 2 N–H and O–H groups in total. The van der Waals surface area contributed by atoms with Crippen molar-refractivity contribution >= 4 is 27.5 Å². The predicted molar refractivity (Wildman–Crippen MR) is 72.9 cm³/mol. The molecule has 0 aromatic heterocycles. The van der Waals surface area contributed by atoms with Crippen molar-refractivity contribution in [3.05, 3.63) is 28.2 Å². The third kappa shape index (κ3) is 2.80. The number of rotatable bonds is 1. The van der Waals surface area contributed by atoms with Crippen LogP contribution in [0.25, 0.3) is 0 Å². The highest BCUT2D eigenvalue weighted by atomic mass is 79.9. The molecule has 17 heavy (non-hydrogen) atoms. The zero-order valence-corrected chi connectivity index (χ0v) is 11.5. The van der Waals surface area contributed by atoms with E-state index in [1.54, 1.807) is 12.1 Å². The summed E-state index contributed by atoms with van der Waals surface area (Å²) < 4.78 is 0.902. The van der Waals surface area contributed by atoms with Crippen molar-refractivity contribution in [1.29, 1.82) is 0 Å². The van der Waals surface area contributed by atoms with E-state index in [1.807, 2.05) is 11.0 Å². The fourth-order valence-corrected chi connectivity index (χ4v) is 2.49. The molecular formula is C13H17BrN2O. The normalized spacial score (nSPS) is 17.2. The highest BCUT2D eigenvalue weighted by molar-refractivity contribution is 9.10. The van der Waals surface area contributed by atoms with Gasteiger partial charge in [-0.2, -0.15) is 0 Å². The maximum Gasteiger partial charge on any atom is 0.255 e. The first-order chi connectivity index (χ1) is 8.08. The van der Waals surface area contributed by atoms with Gasteiger partial charge in [0.2, 0.25) is 0 Å². The molecule has 3 nitrogen and oxygen atoms in total. The average Bonchev–Trinajstić information content (AvgIpc) is 2.29. The first-order valence-corrected chi connectivity index (χ1v) is 6.71. The highest BCUT2D eigenvalue weighted by Crippen LogP contribution is 2.23. The summed E-state index contributed by atoms with van der Waals surface area (Å²) in [5.74, 6) is 0.781. The van der Waals surface area contributed by atoms with Crippen molar-refractivity contribution in [2.75, 3.05) is 18.8 Å². The molecule has 0 atom stereocenters. The summed E-state index contributed by atoms with van der Waals surface area (Å²) in [6, 6.07) is 5.43. The predicted octanol–water partition coefficient (Wildman–Crippen LogP) is 2.90. The third-order valence-corrected chi connectivity index (χ3v) is 3.81. The number of likely N-dealkylation sites (tertiary alicyclic amines) is 1. The number of anilines is 1. The monoisotopic (exact) mass is 296 g/mol. The second kappa shape index (κ2) is 5.08. The summed E-state index contributed by atoms with van der Waals surface area (Å²) >= 11 is 3.34. The average molecular weight is 297 g/mol. The maximum atomic E-state index is 12.3. The summed E-state index contributed by atoms with van der Waals surface area (Å²) in [7, 11) is 0. The molecule has 0 bridgehead atoms. The molecule has 1 aliphatic heterocycles. The lowest BCUT2D eigenvalue weighted by molar-refractivity contribution is 0.0698.